The number of nitrogens with two attached hydrogens (primary N) is 1. The Morgan fingerprint density at radius 1 is 1.19 bits per heavy atom. The molecule has 1 aromatic carbocycles. The third kappa shape index (κ3) is 3.10. The Bertz CT molecular complexity index is 480. The summed E-state index contributed by atoms with van der Waals surface area (Å²) in [6.45, 7) is 3.21. The molecule has 2 heterocycles. The standard InChI is InChI=1S/C16H22N2O3/c17-14(13-4-2-1-3-5-13)15(19)18-8-11-21-16(12-18)6-9-20-10-7-16/h1-5,14H,6-12,17H2/t14-/m0/s1. The Morgan fingerprint density at radius 2 is 1.90 bits per heavy atom. The van der Waals surface area contributed by atoms with Crippen molar-refractivity contribution in [2.75, 3.05) is 32.9 Å². The van der Waals surface area contributed by atoms with E-state index >= 15 is 0 Å². The zero-order valence-corrected chi connectivity index (χ0v) is 12.2. The largest absolute Gasteiger partial charge is 0.381 e. The van der Waals surface area contributed by atoms with E-state index in [-0.39, 0.29) is 11.5 Å². The van der Waals surface area contributed by atoms with Gasteiger partial charge in [0, 0.05) is 39.1 Å². The highest BCUT2D eigenvalue weighted by atomic mass is 16.5. The van der Waals surface area contributed by atoms with E-state index in [9.17, 15) is 4.79 Å². The van der Waals surface area contributed by atoms with E-state index in [2.05, 4.69) is 0 Å². The zero-order valence-electron chi connectivity index (χ0n) is 12.2. The minimum Gasteiger partial charge on any atom is -0.381 e. The van der Waals surface area contributed by atoms with Gasteiger partial charge in [0.2, 0.25) is 5.91 Å². The van der Waals surface area contributed by atoms with E-state index in [0.29, 0.717) is 32.9 Å². The van der Waals surface area contributed by atoms with Crippen molar-refractivity contribution in [3.05, 3.63) is 35.9 Å². The highest BCUT2D eigenvalue weighted by Crippen LogP contribution is 2.30. The van der Waals surface area contributed by atoms with Crippen LogP contribution in [0.2, 0.25) is 0 Å². The lowest BCUT2D eigenvalue weighted by atomic mass is 9.91. The average Bonchev–Trinajstić information content (AvgIpc) is 2.55. The number of nitrogens with zero attached hydrogens (tertiary/aromatic N) is 1. The Kier molecular flexibility index (Phi) is 4.24. The van der Waals surface area contributed by atoms with Crippen molar-refractivity contribution in [1.29, 1.82) is 0 Å². The van der Waals surface area contributed by atoms with Gasteiger partial charge in [0.25, 0.3) is 0 Å². The summed E-state index contributed by atoms with van der Waals surface area (Å²) in [7, 11) is 0. The molecule has 0 radical (unpaired) electrons. The lowest BCUT2D eigenvalue weighted by Crippen LogP contribution is -2.57. The number of rotatable bonds is 2. The van der Waals surface area contributed by atoms with Crippen LogP contribution in [-0.4, -0.2) is 49.3 Å². The first-order valence-corrected chi connectivity index (χ1v) is 7.51. The molecule has 114 valence electrons. The van der Waals surface area contributed by atoms with Crippen molar-refractivity contribution in [2.24, 2.45) is 5.73 Å². The fourth-order valence-corrected chi connectivity index (χ4v) is 3.08. The third-order valence-electron chi connectivity index (χ3n) is 4.39. The maximum absolute atomic E-state index is 12.6. The maximum atomic E-state index is 12.6. The average molecular weight is 290 g/mol. The van der Waals surface area contributed by atoms with Crippen molar-refractivity contribution in [3.8, 4) is 0 Å². The molecule has 5 heteroatoms. The predicted octanol–water partition coefficient (Wildman–Crippen LogP) is 1.09. The summed E-state index contributed by atoms with van der Waals surface area (Å²) in [5.41, 5.74) is 6.75. The van der Waals surface area contributed by atoms with E-state index in [0.717, 1.165) is 18.4 Å². The molecule has 1 amide bonds. The van der Waals surface area contributed by atoms with Gasteiger partial charge in [-0.3, -0.25) is 4.79 Å². The first kappa shape index (κ1) is 14.5. The molecule has 2 aliphatic heterocycles. The summed E-state index contributed by atoms with van der Waals surface area (Å²) in [5, 5.41) is 0. The molecule has 3 rings (SSSR count). The van der Waals surface area contributed by atoms with Crippen LogP contribution < -0.4 is 5.73 Å². The fourth-order valence-electron chi connectivity index (χ4n) is 3.08. The number of benzene rings is 1. The van der Waals surface area contributed by atoms with Crippen LogP contribution in [0.3, 0.4) is 0 Å². The van der Waals surface area contributed by atoms with Crippen LogP contribution >= 0.6 is 0 Å². The van der Waals surface area contributed by atoms with Gasteiger partial charge in [-0.2, -0.15) is 0 Å². The second-order valence-electron chi connectivity index (χ2n) is 5.79. The SMILES string of the molecule is N[C@H](C(=O)N1CCOC2(CCOCC2)C1)c1ccccc1. The second-order valence-corrected chi connectivity index (χ2v) is 5.79. The van der Waals surface area contributed by atoms with Crippen molar-refractivity contribution in [2.45, 2.75) is 24.5 Å². The molecule has 0 saturated carbocycles. The van der Waals surface area contributed by atoms with Crippen molar-refractivity contribution in [1.82, 2.24) is 4.90 Å². The fraction of sp³-hybridized carbons (Fsp3) is 0.562. The van der Waals surface area contributed by atoms with Crippen LogP contribution in [0.4, 0.5) is 0 Å². The number of carbonyl (C=O) groups is 1. The van der Waals surface area contributed by atoms with Gasteiger partial charge >= 0.3 is 0 Å². The van der Waals surface area contributed by atoms with E-state index in [1.807, 2.05) is 35.2 Å². The van der Waals surface area contributed by atoms with Crippen LogP contribution in [0.15, 0.2) is 30.3 Å². The van der Waals surface area contributed by atoms with Crippen molar-refractivity contribution >= 4 is 5.91 Å². The number of amides is 1. The summed E-state index contributed by atoms with van der Waals surface area (Å²) in [6, 6.07) is 8.93. The number of hydrogen-bond acceptors (Lipinski definition) is 4. The topological polar surface area (TPSA) is 64.8 Å². The first-order chi connectivity index (χ1) is 10.2. The Hall–Kier alpha value is -1.43. The summed E-state index contributed by atoms with van der Waals surface area (Å²) in [6.07, 6.45) is 1.69. The number of hydrogen-bond donors (Lipinski definition) is 1. The van der Waals surface area contributed by atoms with Gasteiger partial charge in [-0.25, -0.2) is 0 Å². The molecule has 0 aliphatic carbocycles. The zero-order chi connectivity index (χ0) is 14.7. The molecule has 0 unspecified atom stereocenters. The molecule has 1 aromatic rings. The summed E-state index contributed by atoms with van der Waals surface area (Å²) in [5.74, 6) is -0.0182. The second kappa shape index (κ2) is 6.13. The molecule has 1 spiro atoms. The minimum atomic E-state index is -0.596. The third-order valence-corrected chi connectivity index (χ3v) is 4.39. The number of carbonyl (C=O) groups excluding carboxylic acids is 1. The smallest absolute Gasteiger partial charge is 0.244 e. The summed E-state index contributed by atoms with van der Waals surface area (Å²) < 4.78 is 11.4. The van der Waals surface area contributed by atoms with Crippen LogP contribution in [0.1, 0.15) is 24.4 Å². The highest BCUT2D eigenvalue weighted by molar-refractivity contribution is 5.83. The molecule has 1 atom stereocenters. The molecule has 2 aliphatic rings. The highest BCUT2D eigenvalue weighted by Gasteiger charge is 2.40. The van der Waals surface area contributed by atoms with Gasteiger partial charge in [0.1, 0.15) is 6.04 Å². The molecule has 5 nitrogen and oxygen atoms in total. The molecule has 2 N–H and O–H groups in total. The number of morpholine rings is 1. The number of ether oxygens (including phenoxy) is 2. The molecule has 21 heavy (non-hydrogen) atoms. The molecular formula is C16H22N2O3. The summed E-state index contributed by atoms with van der Waals surface area (Å²) in [4.78, 5) is 14.5. The van der Waals surface area contributed by atoms with E-state index in [1.165, 1.54) is 0 Å². The van der Waals surface area contributed by atoms with E-state index in [1.54, 1.807) is 0 Å². The minimum absolute atomic E-state index is 0.0182. The summed E-state index contributed by atoms with van der Waals surface area (Å²) >= 11 is 0. The molecule has 2 fully saturated rings. The van der Waals surface area contributed by atoms with Gasteiger partial charge in [-0.1, -0.05) is 30.3 Å². The predicted molar refractivity (Wildman–Crippen MR) is 78.7 cm³/mol. The van der Waals surface area contributed by atoms with Crippen LogP contribution in [0.5, 0.6) is 0 Å². The van der Waals surface area contributed by atoms with Gasteiger partial charge < -0.3 is 20.1 Å². The molecular weight excluding hydrogens is 268 g/mol. The van der Waals surface area contributed by atoms with Crippen molar-refractivity contribution < 1.29 is 14.3 Å². The van der Waals surface area contributed by atoms with Gasteiger partial charge in [-0.05, 0) is 5.56 Å². The van der Waals surface area contributed by atoms with Crippen LogP contribution in [0.25, 0.3) is 0 Å². The quantitative estimate of drug-likeness (QED) is 0.885. The lowest BCUT2D eigenvalue weighted by molar-refractivity contribution is -0.168. The normalized spacial score (nSPS) is 23.0. The van der Waals surface area contributed by atoms with Gasteiger partial charge in [-0.15, -0.1) is 0 Å². The lowest BCUT2D eigenvalue weighted by Gasteiger charge is -2.45. The Morgan fingerprint density at radius 3 is 2.62 bits per heavy atom. The van der Waals surface area contributed by atoms with Crippen LogP contribution in [-0.2, 0) is 14.3 Å². The Balaban J connectivity index is 1.69. The van der Waals surface area contributed by atoms with Crippen molar-refractivity contribution in [3.63, 3.8) is 0 Å². The van der Waals surface area contributed by atoms with Crippen LogP contribution in [0, 0.1) is 0 Å². The Labute approximate surface area is 125 Å². The van der Waals surface area contributed by atoms with Gasteiger partial charge in [0.05, 0.1) is 12.2 Å². The van der Waals surface area contributed by atoms with E-state index < -0.39 is 6.04 Å². The maximum Gasteiger partial charge on any atom is 0.244 e. The van der Waals surface area contributed by atoms with E-state index in [4.69, 9.17) is 15.2 Å². The van der Waals surface area contributed by atoms with Gasteiger partial charge in [0.15, 0.2) is 0 Å². The molecule has 2 saturated heterocycles. The molecule has 0 bridgehead atoms. The monoisotopic (exact) mass is 290 g/mol. The molecule has 0 aromatic heterocycles. The first-order valence-electron chi connectivity index (χ1n) is 7.51.